The number of nitrogens with one attached hydrogen (secondary N) is 2. The Kier molecular flexibility index (Phi) is 6.64. The molecule has 3 aromatic rings. The summed E-state index contributed by atoms with van der Waals surface area (Å²) in [6.07, 6.45) is -0.719. The number of para-hydroxylation sites is 1. The zero-order valence-corrected chi connectivity index (χ0v) is 18.0. The Bertz CT molecular complexity index is 1130. The van der Waals surface area contributed by atoms with E-state index >= 15 is 0 Å². The van der Waals surface area contributed by atoms with Crippen molar-refractivity contribution in [3.05, 3.63) is 83.4 Å². The Morgan fingerprint density at radius 1 is 0.967 bits per heavy atom. The summed E-state index contributed by atoms with van der Waals surface area (Å²) in [5.74, 6) is 0.242. The van der Waals surface area contributed by atoms with Gasteiger partial charge in [-0.1, -0.05) is 35.9 Å². The number of rotatable bonds is 7. The van der Waals surface area contributed by atoms with Crippen LogP contribution in [0.1, 0.15) is 12.5 Å². The van der Waals surface area contributed by atoms with Crippen molar-refractivity contribution in [2.75, 3.05) is 10.0 Å². The van der Waals surface area contributed by atoms with Crippen molar-refractivity contribution in [1.29, 1.82) is 0 Å². The van der Waals surface area contributed by atoms with Crippen LogP contribution in [0.5, 0.6) is 5.75 Å². The van der Waals surface area contributed by atoms with E-state index in [9.17, 15) is 13.2 Å². The monoisotopic (exact) mass is 444 g/mol. The molecule has 0 aliphatic carbocycles. The lowest BCUT2D eigenvalue weighted by molar-refractivity contribution is -0.122. The molecule has 2 N–H and O–H groups in total. The number of carbonyl (C=O) groups excluding carboxylic acids is 1. The highest BCUT2D eigenvalue weighted by atomic mass is 35.5. The molecule has 0 radical (unpaired) electrons. The third kappa shape index (κ3) is 5.31. The minimum atomic E-state index is -3.80. The van der Waals surface area contributed by atoms with E-state index in [1.807, 2.05) is 18.2 Å². The first-order valence-electron chi connectivity index (χ1n) is 9.17. The lowest BCUT2D eigenvalue weighted by atomic mass is 10.2. The van der Waals surface area contributed by atoms with Gasteiger partial charge in [0.25, 0.3) is 15.9 Å². The molecule has 0 aromatic heterocycles. The summed E-state index contributed by atoms with van der Waals surface area (Å²) < 4.78 is 33.4. The molecule has 0 aliphatic rings. The van der Waals surface area contributed by atoms with Gasteiger partial charge in [0.2, 0.25) is 0 Å². The highest BCUT2D eigenvalue weighted by molar-refractivity contribution is 7.92. The van der Waals surface area contributed by atoms with Crippen LogP contribution in [0.15, 0.2) is 77.7 Å². The molecule has 0 fully saturated rings. The average Bonchev–Trinajstić information content (AvgIpc) is 2.72. The van der Waals surface area contributed by atoms with Crippen LogP contribution in [-0.4, -0.2) is 20.4 Å². The average molecular weight is 445 g/mol. The normalized spacial score (nSPS) is 12.1. The fourth-order valence-corrected chi connectivity index (χ4v) is 3.94. The summed E-state index contributed by atoms with van der Waals surface area (Å²) in [5, 5.41) is 3.18. The molecule has 0 spiro atoms. The van der Waals surface area contributed by atoms with E-state index in [-0.39, 0.29) is 10.8 Å². The number of carbonyl (C=O) groups is 1. The second kappa shape index (κ2) is 9.19. The Morgan fingerprint density at radius 2 is 1.63 bits per heavy atom. The summed E-state index contributed by atoms with van der Waals surface area (Å²) in [6, 6.07) is 19.9. The first-order chi connectivity index (χ1) is 14.3. The Hall–Kier alpha value is -3.03. The van der Waals surface area contributed by atoms with Crippen LogP contribution >= 0.6 is 11.6 Å². The largest absolute Gasteiger partial charge is 0.481 e. The molecule has 3 aromatic carbocycles. The third-order valence-corrected chi connectivity index (χ3v) is 6.16. The van der Waals surface area contributed by atoms with Gasteiger partial charge in [-0.15, -0.1) is 0 Å². The van der Waals surface area contributed by atoms with Crippen molar-refractivity contribution in [3.63, 3.8) is 0 Å². The number of hydrogen-bond acceptors (Lipinski definition) is 4. The van der Waals surface area contributed by atoms with E-state index in [1.165, 1.54) is 24.3 Å². The third-order valence-electron chi connectivity index (χ3n) is 4.37. The summed E-state index contributed by atoms with van der Waals surface area (Å²) in [5.41, 5.74) is 1.51. The fourth-order valence-electron chi connectivity index (χ4n) is 2.64. The van der Waals surface area contributed by atoms with Gasteiger partial charge < -0.3 is 10.1 Å². The second-order valence-corrected chi connectivity index (χ2v) is 8.69. The van der Waals surface area contributed by atoms with Crippen molar-refractivity contribution < 1.29 is 17.9 Å². The number of amides is 1. The number of hydrogen-bond donors (Lipinski definition) is 2. The highest BCUT2D eigenvalue weighted by Crippen LogP contribution is 2.26. The number of halogens is 1. The molecule has 0 aliphatic heterocycles. The maximum absolute atomic E-state index is 12.6. The van der Waals surface area contributed by atoms with E-state index in [0.29, 0.717) is 27.7 Å². The summed E-state index contributed by atoms with van der Waals surface area (Å²) in [7, 11) is -3.80. The van der Waals surface area contributed by atoms with Gasteiger partial charge in [-0.3, -0.25) is 9.52 Å². The van der Waals surface area contributed by atoms with Crippen molar-refractivity contribution in [2.24, 2.45) is 0 Å². The lowest BCUT2D eigenvalue weighted by Crippen LogP contribution is -2.30. The van der Waals surface area contributed by atoms with Gasteiger partial charge in [0.15, 0.2) is 6.10 Å². The van der Waals surface area contributed by atoms with Gasteiger partial charge in [-0.05, 0) is 67.9 Å². The minimum Gasteiger partial charge on any atom is -0.481 e. The van der Waals surface area contributed by atoms with Gasteiger partial charge in [0, 0.05) is 10.7 Å². The molecule has 0 heterocycles. The Balaban J connectivity index is 1.66. The van der Waals surface area contributed by atoms with Gasteiger partial charge in [0.05, 0.1) is 10.6 Å². The van der Waals surface area contributed by atoms with E-state index in [2.05, 4.69) is 10.0 Å². The van der Waals surface area contributed by atoms with E-state index in [4.69, 9.17) is 16.3 Å². The fraction of sp³-hybridized carbons (Fsp3) is 0.136. The SMILES string of the molecule is Cc1c(Cl)cccc1NS(=O)(=O)c1ccc(NC(=O)[C@@H](C)Oc2ccccc2)cc1. The summed E-state index contributed by atoms with van der Waals surface area (Å²) in [6.45, 7) is 3.37. The smallest absolute Gasteiger partial charge is 0.265 e. The van der Waals surface area contributed by atoms with Crippen LogP contribution in [0.2, 0.25) is 5.02 Å². The van der Waals surface area contributed by atoms with Gasteiger partial charge in [-0.25, -0.2) is 8.42 Å². The van der Waals surface area contributed by atoms with Crippen LogP contribution in [0, 0.1) is 6.92 Å². The number of benzene rings is 3. The second-order valence-electron chi connectivity index (χ2n) is 6.60. The van der Waals surface area contributed by atoms with Crippen LogP contribution in [-0.2, 0) is 14.8 Å². The van der Waals surface area contributed by atoms with Crippen molar-refractivity contribution in [3.8, 4) is 5.75 Å². The molecule has 8 heteroatoms. The summed E-state index contributed by atoms with van der Waals surface area (Å²) in [4.78, 5) is 12.4. The molecule has 3 rings (SSSR count). The minimum absolute atomic E-state index is 0.0634. The highest BCUT2D eigenvalue weighted by Gasteiger charge is 2.18. The van der Waals surface area contributed by atoms with Crippen molar-refractivity contribution >= 4 is 38.9 Å². The van der Waals surface area contributed by atoms with Crippen molar-refractivity contribution in [1.82, 2.24) is 0 Å². The van der Waals surface area contributed by atoms with E-state index < -0.39 is 16.1 Å². The van der Waals surface area contributed by atoms with Crippen LogP contribution < -0.4 is 14.8 Å². The molecule has 0 unspecified atom stereocenters. The molecule has 0 saturated heterocycles. The first-order valence-corrected chi connectivity index (χ1v) is 11.0. The van der Waals surface area contributed by atoms with Crippen molar-refractivity contribution in [2.45, 2.75) is 24.8 Å². The zero-order chi connectivity index (χ0) is 21.7. The quantitative estimate of drug-likeness (QED) is 0.545. The van der Waals surface area contributed by atoms with Gasteiger partial charge >= 0.3 is 0 Å². The maximum Gasteiger partial charge on any atom is 0.265 e. The van der Waals surface area contributed by atoms with E-state index in [0.717, 1.165) is 0 Å². The molecule has 6 nitrogen and oxygen atoms in total. The number of anilines is 2. The Morgan fingerprint density at radius 3 is 2.30 bits per heavy atom. The van der Waals surface area contributed by atoms with Crippen LogP contribution in [0.4, 0.5) is 11.4 Å². The maximum atomic E-state index is 12.6. The predicted molar refractivity (Wildman–Crippen MR) is 119 cm³/mol. The molecule has 1 amide bonds. The first kappa shape index (κ1) is 21.7. The van der Waals surface area contributed by atoms with Gasteiger partial charge in [0.1, 0.15) is 5.75 Å². The number of ether oxygens (including phenoxy) is 1. The molecule has 1 atom stereocenters. The van der Waals surface area contributed by atoms with E-state index in [1.54, 1.807) is 44.2 Å². The Labute approximate surface area is 180 Å². The molecule has 0 bridgehead atoms. The van der Waals surface area contributed by atoms with Gasteiger partial charge in [-0.2, -0.15) is 0 Å². The topological polar surface area (TPSA) is 84.5 Å². The standard InChI is InChI=1S/C22H21ClN2O4S/c1-15-20(23)9-6-10-21(15)25-30(27,28)19-13-11-17(12-14-19)24-22(26)16(2)29-18-7-4-3-5-8-18/h3-14,16,25H,1-2H3,(H,24,26)/t16-/m1/s1. The molecule has 30 heavy (non-hydrogen) atoms. The predicted octanol–water partition coefficient (Wildman–Crippen LogP) is 4.86. The molecule has 156 valence electrons. The molecular weight excluding hydrogens is 424 g/mol. The molecular formula is C22H21ClN2O4S. The lowest BCUT2D eigenvalue weighted by Gasteiger charge is -2.15. The zero-order valence-electron chi connectivity index (χ0n) is 16.4. The summed E-state index contributed by atoms with van der Waals surface area (Å²) >= 11 is 6.05. The van der Waals surface area contributed by atoms with Crippen LogP contribution in [0.25, 0.3) is 0 Å². The van der Waals surface area contributed by atoms with Crippen LogP contribution in [0.3, 0.4) is 0 Å². The number of sulfonamides is 1. The molecule has 0 saturated carbocycles.